The maximum atomic E-state index is 12.8. The summed E-state index contributed by atoms with van der Waals surface area (Å²) in [5.74, 6) is -0.483. The summed E-state index contributed by atoms with van der Waals surface area (Å²) in [6, 6.07) is 9.15. The number of benzene rings is 2. The summed E-state index contributed by atoms with van der Waals surface area (Å²) in [7, 11) is -3.90. The van der Waals surface area contributed by atoms with Gasteiger partial charge in [0.25, 0.3) is 10.0 Å². The Hall–Kier alpha value is -2.78. The van der Waals surface area contributed by atoms with Gasteiger partial charge in [-0.25, -0.2) is 13.2 Å². The highest BCUT2D eigenvalue weighted by atomic mass is 35.5. The number of nitrogens with two attached hydrogens (primary N) is 1. The molecule has 5 N–H and O–H groups in total. The first kappa shape index (κ1) is 22.5. The van der Waals surface area contributed by atoms with Crippen LogP contribution in [0.4, 0.5) is 16.2 Å². The molecule has 0 bridgehead atoms. The Morgan fingerprint density at radius 2 is 1.72 bits per heavy atom. The smallest absolute Gasteiger partial charge is 0.312 e. The molecule has 8 nitrogen and oxygen atoms in total. The van der Waals surface area contributed by atoms with E-state index in [2.05, 4.69) is 15.4 Å². The lowest BCUT2D eigenvalue weighted by Crippen LogP contribution is -2.46. The number of aryl methyl sites for hydroxylation is 1. The van der Waals surface area contributed by atoms with E-state index in [4.69, 9.17) is 17.3 Å². The summed E-state index contributed by atoms with van der Waals surface area (Å²) >= 11 is 5.82. The largest absolute Gasteiger partial charge is 0.352 e. The minimum absolute atomic E-state index is 0.0140. The molecule has 2 aromatic carbocycles. The lowest BCUT2D eigenvalue weighted by Gasteiger charge is -2.17. The van der Waals surface area contributed by atoms with Crippen LogP contribution in [0.3, 0.4) is 0 Å². The maximum absolute atomic E-state index is 12.8. The SMILES string of the molecule is CCC[C@@H](NC(N)=O)C(=O)Nc1ccc(C)c(S(=O)(=O)Nc2ccc(Cl)cc2)c1. The van der Waals surface area contributed by atoms with E-state index in [9.17, 15) is 18.0 Å². The van der Waals surface area contributed by atoms with Crippen LogP contribution in [-0.4, -0.2) is 26.4 Å². The van der Waals surface area contributed by atoms with Crippen molar-refractivity contribution in [2.24, 2.45) is 5.73 Å². The van der Waals surface area contributed by atoms with Crippen molar-refractivity contribution in [2.45, 2.75) is 37.6 Å². The van der Waals surface area contributed by atoms with Crippen molar-refractivity contribution in [1.29, 1.82) is 0 Å². The van der Waals surface area contributed by atoms with Gasteiger partial charge in [0.15, 0.2) is 0 Å². The Morgan fingerprint density at radius 3 is 2.31 bits per heavy atom. The fourth-order valence-electron chi connectivity index (χ4n) is 2.65. The molecule has 0 unspecified atom stereocenters. The number of hydrogen-bond acceptors (Lipinski definition) is 4. The van der Waals surface area contributed by atoms with Crippen molar-refractivity contribution in [1.82, 2.24) is 5.32 Å². The van der Waals surface area contributed by atoms with Crippen molar-refractivity contribution in [3.63, 3.8) is 0 Å². The van der Waals surface area contributed by atoms with Crippen LogP contribution in [0.1, 0.15) is 25.3 Å². The number of anilines is 2. The van der Waals surface area contributed by atoms with E-state index >= 15 is 0 Å². The lowest BCUT2D eigenvalue weighted by molar-refractivity contribution is -0.118. The first-order valence-electron chi connectivity index (χ1n) is 8.88. The monoisotopic (exact) mass is 438 g/mol. The number of amides is 3. The molecule has 3 amide bonds. The van der Waals surface area contributed by atoms with Gasteiger partial charge in [-0.2, -0.15) is 0 Å². The summed E-state index contributed by atoms with van der Waals surface area (Å²) in [6.45, 7) is 3.51. The van der Waals surface area contributed by atoms with Crippen LogP contribution in [0, 0.1) is 6.92 Å². The fourth-order valence-corrected chi connectivity index (χ4v) is 4.11. The zero-order chi connectivity index (χ0) is 21.6. The van der Waals surface area contributed by atoms with E-state index in [0.717, 1.165) is 0 Å². The van der Waals surface area contributed by atoms with Gasteiger partial charge in [-0.3, -0.25) is 9.52 Å². The number of halogens is 1. The predicted octanol–water partition coefficient (Wildman–Crippen LogP) is 3.22. The normalized spacial score (nSPS) is 12.1. The first-order chi connectivity index (χ1) is 13.6. The van der Waals surface area contributed by atoms with E-state index < -0.39 is 28.0 Å². The molecule has 0 fully saturated rings. The predicted molar refractivity (Wildman–Crippen MR) is 113 cm³/mol. The molecule has 2 aromatic rings. The van der Waals surface area contributed by atoms with Crippen molar-refractivity contribution in [2.75, 3.05) is 10.0 Å². The van der Waals surface area contributed by atoms with E-state index in [-0.39, 0.29) is 10.6 Å². The molecule has 0 aliphatic carbocycles. The Kier molecular flexibility index (Phi) is 7.46. The third-order valence-electron chi connectivity index (χ3n) is 4.05. The third-order valence-corrected chi connectivity index (χ3v) is 5.83. The van der Waals surface area contributed by atoms with E-state index in [0.29, 0.717) is 29.1 Å². The molecule has 0 heterocycles. The van der Waals surface area contributed by atoms with Crippen LogP contribution in [0.15, 0.2) is 47.4 Å². The Labute approximate surface area is 174 Å². The number of sulfonamides is 1. The van der Waals surface area contributed by atoms with Crippen molar-refractivity contribution >= 4 is 44.9 Å². The second-order valence-corrected chi connectivity index (χ2v) is 8.52. The number of urea groups is 1. The molecule has 10 heteroatoms. The molecule has 0 radical (unpaired) electrons. The molecule has 156 valence electrons. The molecule has 29 heavy (non-hydrogen) atoms. The lowest BCUT2D eigenvalue weighted by atomic mass is 10.1. The number of primary amides is 1. The van der Waals surface area contributed by atoms with Crippen molar-refractivity contribution in [3.8, 4) is 0 Å². The molecule has 0 saturated carbocycles. The number of carbonyl (C=O) groups excluding carboxylic acids is 2. The van der Waals surface area contributed by atoms with E-state index in [1.165, 1.54) is 6.07 Å². The van der Waals surface area contributed by atoms with Gasteiger partial charge < -0.3 is 16.4 Å². The van der Waals surface area contributed by atoms with Gasteiger partial charge in [0.2, 0.25) is 5.91 Å². The Morgan fingerprint density at radius 1 is 1.10 bits per heavy atom. The summed E-state index contributed by atoms with van der Waals surface area (Å²) < 4.78 is 28.1. The van der Waals surface area contributed by atoms with Crippen molar-refractivity contribution in [3.05, 3.63) is 53.1 Å². The molecular formula is C19H23ClN4O4S. The summed E-state index contributed by atoms with van der Waals surface area (Å²) in [5, 5.41) is 5.49. The van der Waals surface area contributed by atoms with Crippen LogP contribution in [0.5, 0.6) is 0 Å². The average Bonchev–Trinajstić information content (AvgIpc) is 2.64. The minimum atomic E-state index is -3.90. The van der Waals surface area contributed by atoms with Gasteiger partial charge in [0, 0.05) is 16.4 Å². The van der Waals surface area contributed by atoms with Crippen LogP contribution in [0.2, 0.25) is 5.02 Å². The molecule has 1 atom stereocenters. The standard InChI is InChI=1S/C19H23ClN4O4S/c1-3-4-16(23-19(21)26)18(25)22-15-8-5-12(2)17(11-15)29(27,28)24-14-9-6-13(20)7-10-14/h5-11,16,24H,3-4H2,1-2H3,(H,22,25)(H3,21,23,26)/t16-/m1/s1. The summed E-state index contributed by atoms with van der Waals surface area (Å²) in [5.41, 5.74) is 6.26. The molecule has 2 rings (SSSR count). The van der Waals surface area contributed by atoms with Gasteiger partial charge >= 0.3 is 6.03 Å². The highest BCUT2D eigenvalue weighted by Gasteiger charge is 2.21. The third kappa shape index (κ3) is 6.37. The topological polar surface area (TPSA) is 130 Å². The highest BCUT2D eigenvalue weighted by molar-refractivity contribution is 7.92. The van der Waals surface area contributed by atoms with Crippen LogP contribution >= 0.6 is 11.6 Å². The molecule has 0 aliphatic heterocycles. The highest BCUT2D eigenvalue weighted by Crippen LogP contribution is 2.24. The van der Waals surface area contributed by atoms with Gasteiger partial charge in [-0.05, 0) is 55.3 Å². The van der Waals surface area contributed by atoms with E-state index in [1.54, 1.807) is 43.3 Å². The molecular weight excluding hydrogens is 416 g/mol. The van der Waals surface area contributed by atoms with Gasteiger partial charge in [-0.15, -0.1) is 0 Å². The number of nitrogens with one attached hydrogen (secondary N) is 3. The zero-order valence-electron chi connectivity index (χ0n) is 16.0. The minimum Gasteiger partial charge on any atom is -0.352 e. The molecule has 0 aliphatic rings. The fraction of sp³-hybridized carbons (Fsp3) is 0.263. The number of carbonyl (C=O) groups is 2. The summed E-state index contributed by atoms with van der Waals surface area (Å²) in [6.07, 6.45) is 1.04. The van der Waals surface area contributed by atoms with Gasteiger partial charge in [0.05, 0.1) is 4.90 Å². The van der Waals surface area contributed by atoms with E-state index in [1.807, 2.05) is 6.92 Å². The zero-order valence-corrected chi connectivity index (χ0v) is 17.6. The van der Waals surface area contributed by atoms with Gasteiger partial charge in [0.1, 0.15) is 6.04 Å². The Bertz CT molecular complexity index is 994. The second kappa shape index (κ2) is 9.62. The van der Waals surface area contributed by atoms with Gasteiger partial charge in [-0.1, -0.05) is 31.0 Å². The summed E-state index contributed by atoms with van der Waals surface area (Å²) in [4.78, 5) is 23.6. The average molecular weight is 439 g/mol. The molecule has 0 spiro atoms. The van der Waals surface area contributed by atoms with Crippen LogP contribution < -0.4 is 21.1 Å². The number of rotatable bonds is 8. The molecule has 0 aromatic heterocycles. The Balaban J connectivity index is 2.25. The van der Waals surface area contributed by atoms with Crippen LogP contribution in [0.25, 0.3) is 0 Å². The van der Waals surface area contributed by atoms with Crippen molar-refractivity contribution < 1.29 is 18.0 Å². The number of hydrogen-bond donors (Lipinski definition) is 4. The van der Waals surface area contributed by atoms with Crippen LogP contribution in [-0.2, 0) is 14.8 Å². The maximum Gasteiger partial charge on any atom is 0.312 e. The molecule has 0 saturated heterocycles. The first-order valence-corrected chi connectivity index (χ1v) is 10.7. The second-order valence-electron chi connectivity index (χ2n) is 6.43. The quantitative estimate of drug-likeness (QED) is 0.504.